The Morgan fingerprint density at radius 2 is 1.62 bits per heavy atom. The van der Waals surface area contributed by atoms with Crippen LogP contribution in [0.5, 0.6) is 11.9 Å². The van der Waals surface area contributed by atoms with E-state index < -0.39 is 28.7 Å². The number of hydrogen-bond acceptors (Lipinski definition) is 6. The van der Waals surface area contributed by atoms with Crippen molar-refractivity contribution >= 4 is 11.0 Å². The van der Waals surface area contributed by atoms with Crippen molar-refractivity contribution in [2.24, 2.45) is 0 Å². The topological polar surface area (TPSA) is 138 Å². The third-order valence-corrected chi connectivity index (χ3v) is 1.54. The molecule has 0 saturated heterocycles. The van der Waals surface area contributed by atoms with E-state index in [0.29, 0.717) is 0 Å². The number of rotatable bonds is 0. The van der Waals surface area contributed by atoms with Crippen LogP contribution in [0.4, 0.5) is 0 Å². The minimum atomic E-state index is -1.06. The maximum absolute atomic E-state index is 11.1. The molecule has 0 aromatic carbocycles. The zero-order valence-electron chi connectivity index (χ0n) is 8.53. The van der Waals surface area contributed by atoms with Gasteiger partial charge in [-0.25, -0.2) is 9.78 Å². The smallest absolute Gasteiger partial charge is 0.857 e. The monoisotopic (exact) mass is 240 g/mol. The molecule has 72 valence electrons. The average molecular weight is 240 g/mol. The first-order valence-corrected chi connectivity index (χ1v) is 3.46. The Bertz CT molecular complexity index is 622. The van der Waals surface area contributed by atoms with Crippen LogP contribution in [-0.2, 0) is 0 Å². The Kier molecular flexibility index (Phi) is 5.66. The molecule has 0 atom stereocenters. The van der Waals surface area contributed by atoms with Gasteiger partial charge in [-0.2, -0.15) is 0 Å². The van der Waals surface area contributed by atoms with E-state index in [0.717, 1.165) is 0 Å². The van der Waals surface area contributed by atoms with Gasteiger partial charge in [0.15, 0.2) is 5.52 Å². The number of nitrogens with zero attached hydrogens (tertiary/aromatic N) is 2. The average Bonchev–Trinajstić information content (AvgIpc) is 2.07. The first-order chi connectivity index (χ1) is 6.58. The number of fused-ring (bicyclic) bond motifs is 1. The van der Waals surface area contributed by atoms with E-state index in [4.69, 9.17) is 0 Å². The molecule has 0 fully saturated rings. The summed E-state index contributed by atoms with van der Waals surface area (Å²) in [7, 11) is 0. The van der Waals surface area contributed by atoms with Gasteiger partial charge in [-0.05, 0) is 0 Å². The van der Waals surface area contributed by atoms with Gasteiger partial charge in [-0.3, -0.25) is 14.8 Å². The van der Waals surface area contributed by atoms with E-state index in [2.05, 4.69) is 9.97 Å². The van der Waals surface area contributed by atoms with Gasteiger partial charge >= 0.3 is 64.8 Å². The zero-order valence-corrected chi connectivity index (χ0v) is 12.5. The van der Waals surface area contributed by atoms with E-state index in [1.165, 1.54) is 0 Å². The predicted octanol–water partition coefficient (Wildman–Crippen LogP) is -8.84. The Balaban J connectivity index is 0.00000112. The van der Waals surface area contributed by atoms with E-state index in [1.807, 2.05) is 9.97 Å². The fourth-order valence-corrected chi connectivity index (χ4v) is 1.00. The van der Waals surface area contributed by atoms with Crippen LogP contribution in [0, 0.1) is 0 Å². The van der Waals surface area contributed by atoms with E-state index >= 15 is 0 Å². The maximum Gasteiger partial charge on any atom is 1.00 e. The van der Waals surface area contributed by atoms with Crippen molar-refractivity contribution in [1.82, 2.24) is 19.9 Å². The van der Waals surface area contributed by atoms with E-state index in [1.54, 1.807) is 0 Å². The molecule has 0 bridgehead atoms. The van der Waals surface area contributed by atoms with Crippen molar-refractivity contribution in [3.05, 3.63) is 20.8 Å². The van der Waals surface area contributed by atoms with Crippen molar-refractivity contribution in [1.29, 1.82) is 0 Å². The Morgan fingerprint density at radius 1 is 1.00 bits per heavy atom. The van der Waals surface area contributed by atoms with Crippen molar-refractivity contribution < 1.29 is 69.3 Å². The van der Waals surface area contributed by atoms with Crippen LogP contribution in [0.3, 0.4) is 0 Å². The van der Waals surface area contributed by atoms with Gasteiger partial charge in [0.1, 0.15) is 0 Å². The van der Waals surface area contributed by atoms with Gasteiger partial charge in [0.2, 0.25) is 0 Å². The SMILES string of the molecule is O=c1[nH]c(=O)c2nc([O-])nc([O-])c2[nH]1.[Na+].[Na+]. The predicted molar refractivity (Wildman–Crippen MR) is 39.7 cm³/mol. The maximum atomic E-state index is 11.1. The summed E-state index contributed by atoms with van der Waals surface area (Å²) in [6, 6.07) is -1.06. The molecule has 0 aliphatic carbocycles. The van der Waals surface area contributed by atoms with Crippen LogP contribution in [0.1, 0.15) is 0 Å². The number of nitrogens with one attached hydrogen (secondary N) is 2. The van der Waals surface area contributed by atoms with Crippen LogP contribution in [-0.4, -0.2) is 19.9 Å². The van der Waals surface area contributed by atoms with Crippen molar-refractivity contribution in [3.63, 3.8) is 0 Å². The van der Waals surface area contributed by atoms with Crippen molar-refractivity contribution in [2.45, 2.75) is 0 Å². The second kappa shape index (κ2) is 5.80. The fourth-order valence-electron chi connectivity index (χ4n) is 1.00. The molecular formula is C6H2N4Na2O4. The largest absolute Gasteiger partial charge is 1.00 e. The van der Waals surface area contributed by atoms with Crippen LogP contribution in [0.15, 0.2) is 9.59 Å². The summed E-state index contributed by atoms with van der Waals surface area (Å²) in [5, 5.41) is 21.7. The summed E-state index contributed by atoms with van der Waals surface area (Å²) in [5.74, 6) is -0.969. The van der Waals surface area contributed by atoms with Crippen LogP contribution in [0.2, 0.25) is 0 Å². The molecule has 2 heterocycles. The molecule has 16 heavy (non-hydrogen) atoms. The summed E-state index contributed by atoms with van der Waals surface area (Å²) >= 11 is 0. The van der Waals surface area contributed by atoms with Gasteiger partial charge < -0.3 is 15.2 Å². The molecule has 2 aromatic rings. The number of aromatic amines is 2. The summed E-state index contributed by atoms with van der Waals surface area (Å²) in [4.78, 5) is 31.8. The van der Waals surface area contributed by atoms with Gasteiger partial charge in [0, 0.05) is 5.88 Å². The third-order valence-electron chi connectivity index (χ3n) is 1.54. The van der Waals surface area contributed by atoms with E-state index in [-0.39, 0.29) is 64.6 Å². The number of aromatic nitrogens is 4. The molecule has 2 N–H and O–H groups in total. The van der Waals surface area contributed by atoms with Gasteiger partial charge in [0.25, 0.3) is 5.56 Å². The zero-order chi connectivity index (χ0) is 10.3. The van der Waals surface area contributed by atoms with Crippen molar-refractivity contribution in [2.75, 3.05) is 0 Å². The summed E-state index contributed by atoms with van der Waals surface area (Å²) < 4.78 is 0. The van der Waals surface area contributed by atoms with Crippen LogP contribution >= 0.6 is 0 Å². The Hall–Kier alpha value is -0.380. The molecule has 0 radical (unpaired) electrons. The quantitative estimate of drug-likeness (QED) is 0.438. The minimum Gasteiger partial charge on any atom is -0.857 e. The normalized spacial score (nSPS) is 9.25. The molecule has 2 aromatic heterocycles. The molecule has 0 aliphatic rings. The van der Waals surface area contributed by atoms with E-state index in [9.17, 15) is 19.8 Å². The first kappa shape index (κ1) is 15.6. The number of hydrogen-bond donors (Lipinski definition) is 2. The Labute approximate surface area is 132 Å². The summed E-state index contributed by atoms with van der Waals surface area (Å²) in [6.07, 6.45) is 0. The van der Waals surface area contributed by atoms with Gasteiger partial charge in [-0.15, -0.1) is 0 Å². The van der Waals surface area contributed by atoms with Crippen molar-refractivity contribution in [3.8, 4) is 11.9 Å². The molecule has 2 rings (SSSR count). The summed E-state index contributed by atoms with van der Waals surface area (Å²) in [5.41, 5.74) is -2.50. The molecule has 0 spiro atoms. The standard InChI is InChI=1S/C6H4N4O4.2Na/c11-3-1-2(8-6(14)9-3)4(12)10-5(13)7-1;;/h(H2,7,10,12,13)(H2,8,9,11,14);;/q;2*+1/p-2. The molecule has 8 nitrogen and oxygen atoms in total. The minimum absolute atomic E-state index is 0. The molecule has 0 saturated carbocycles. The second-order valence-corrected chi connectivity index (χ2v) is 2.44. The Morgan fingerprint density at radius 3 is 2.25 bits per heavy atom. The molecule has 0 unspecified atom stereocenters. The molecule has 10 heteroatoms. The molecule has 0 aliphatic heterocycles. The van der Waals surface area contributed by atoms with Gasteiger partial charge in [0.05, 0.1) is 11.5 Å². The van der Waals surface area contributed by atoms with Gasteiger partial charge in [-0.1, -0.05) is 0 Å². The third kappa shape index (κ3) is 2.84. The summed E-state index contributed by atoms with van der Waals surface area (Å²) in [6.45, 7) is 0. The van der Waals surface area contributed by atoms with Crippen LogP contribution in [0.25, 0.3) is 11.0 Å². The fraction of sp³-hybridized carbons (Fsp3) is 0. The van der Waals surface area contributed by atoms with Crippen LogP contribution < -0.4 is 80.6 Å². The first-order valence-electron chi connectivity index (χ1n) is 3.46. The molecule has 0 amide bonds. The second-order valence-electron chi connectivity index (χ2n) is 2.44. The molecular weight excluding hydrogens is 238 g/mol. The number of H-pyrrole nitrogens is 2.